The first-order valence-corrected chi connectivity index (χ1v) is 8.43. The summed E-state index contributed by atoms with van der Waals surface area (Å²) in [5.74, 6) is 1.14. The second kappa shape index (κ2) is 9.69. The molecule has 0 saturated carbocycles. The van der Waals surface area contributed by atoms with Gasteiger partial charge in [0.25, 0.3) is 5.91 Å². The van der Waals surface area contributed by atoms with E-state index in [-0.39, 0.29) is 5.91 Å². The first-order valence-electron chi connectivity index (χ1n) is 8.43. The van der Waals surface area contributed by atoms with E-state index < -0.39 is 6.10 Å². The van der Waals surface area contributed by atoms with Gasteiger partial charge in [0.1, 0.15) is 18.1 Å². The Morgan fingerprint density at radius 1 is 1.08 bits per heavy atom. The number of hydrogen-bond acceptors (Lipinski definition) is 4. The number of anilines is 1. The average molecular weight is 343 g/mol. The lowest BCUT2D eigenvalue weighted by Crippen LogP contribution is -2.30. The van der Waals surface area contributed by atoms with Crippen LogP contribution in [0.5, 0.6) is 11.5 Å². The molecule has 0 spiro atoms. The van der Waals surface area contributed by atoms with Gasteiger partial charge in [0.2, 0.25) is 0 Å². The molecule has 5 nitrogen and oxygen atoms in total. The van der Waals surface area contributed by atoms with Crippen molar-refractivity contribution in [2.75, 3.05) is 25.1 Å². The Labute approximate surface area is 148 Å². The van der Waals surface area contributed by atoms with E-state index in [0.717, 1.165) is 5.56 Å². The van der Waals surface area contributed by atoms with Crippen molar-refractivity contribution in [2.45, 2.75) is 26.9 Å². The highest BCUT2D eigenvalue weighted by Crippen LogP contribution is 2.18. The fourth-order valence-corrected chi connectivity index (χ4v) is 2.14. The number of carbonyl (C=O) groups excluding carboxylic acids is 1. The smallest absolute Gasteiger partial charge is 0.265 e. The van der Waals surface area contributed by atoms with Crippen molar-refractivity contribution in [2.24, 2.45) is 0 Å². The van der Waals surface area contributed by atoms with Gasteiger partial charge in [0.15, 0.2) is 6.10 Å². The minimum absolute atomic E-state index is 0.216. The topological polar surface area (TPSA) is 56.8 Å². The van der Waals surface area contributed by atoms with Crippen LogP contribution in [0.15, 0.2) is 48.5 Å². The van der Waals surface area contributed by atoms with Gasteiger partial charge in [0, 0.05) is 18.4 Å². The molecular weight excluding hydrogens is 318 g/mol. The van der Waals surface area contributed by atoms with Crippen molar-refractivity contribution >= 4 is 11.6 Å². The normalized spacial score (nSPS) is 11.6. The summed E-state index contributed by atoms with van der Waals surface area (Å²) in [5.41, 5.74) is 1.81. The third kappa shape index (κ3) is 6.47. The molecular formula is C20H25NO4. The van der Waals surface area contributed by atoms with Crippen molar-refractivity contribution in [3.05, 3.63) is 54.1 Å². The number of ether oxygens (including phenoxy) is 3. The maximum absolute atomic E-state index is 12.3. The Hall–Kier alpha value is -2.53. The van der Waals surface area contributed by atoms with Crippen molar-refractivity contribution in [1.29, 1.82) is 0 Å². The standard InChI is InChI=1S/C20H25NO4/c1-4-23-12-13-24-19-7-5-6-17(14-19)21-20(22)16(3)25-18-10-8-15(2)9-11-18/h5-11,14,16H,4,12-13H2,1-3H3,(H,21,22)/t16-/m1/s1. The van der Waals surface area contributed by atoms with E-state index in [4.69, 9.17) is 14.2 Å². The number of amides is 1. The van der Waals surface area contributed by atoms with Crippen molar-refractivity contribution < 1.29 is 19.0 Å². The third-order valence-corrected chi connectivity index (χ3v) is 3.51. The van der Waals surface area contributed by atoms with E-state index in [1.807, 2.05) is 56.3 Å². The molecule has 0 saturated heterocycles. The van der Waals surface area contributed by atoms with Gasteiger partial charge in [-0.15, -0.1) is 0 Å². The van der Waals surface area contributed by atoms with Crippen molar-refractivity contribution in [3.8, 4) is 11.5 Å². The van der Waals surface area contributed by atoms with E-state index in [0.29, 0.717) is 37.0 Å². The van der Waals surface area contributed by atoms with E-state index in [9.17, 15) is 4.79 Å². The summed E-state index contributed by atoms with van der Waals surface area (Å²) in [6.45, 7) is 7.34. The largest absolute Gasteiger partial charge is 0.491 e. The molecule has 1 amide bonds. The number of nitrogens with one attached hydrogen (secondary N) is 1. The highest BCUT2D eigenvalue weighted by molar-refractivity contribution is 5.94. The zero-order chi connectivity index (χ0) is 18.1. The quantitative estimate of drug-likeness (QED) is 0.703. The first kappa shape index (κ1) is 18.8. The maximum Gasteiger partial charge on any atom is 0.265 e. The van der Waals surface area contributed by atoms with E-state index in [2.05, 4.69) is 5.32 Å². The van der Waals surface area contributed by atoms with Crippen molar-refractivity contribution in [3.63, 3.8) is 0 Å². The molecule has 1 N–H and O–H groups in total. The minimum Gasteiger partial charge on any atom is -0.491 e. The summed E-state index contributed by atoms with van der Waals surface area (Å²) in [7, 11) is 0. The van der Waals surface area contributed by atoms with Crippen LogP contribution in [0, 0.1) is 6.92 Å². The third-order valence-electron chi connectivity index (χ3n) is 3.51. The highest BCUT2D eigenvalue weighted by atomic mass is 16.5. The van der Waals surface area contributed by atoms with Gasteiger partial charge in [0.05, 0.1) is 6.61 Å². The Bertz CT molecular complexity index is 670. The zero-order valence-corrected chi connectivity index (χ0v) is 15.0. The number of carbonyl (C=O) groups is 1. The second-order valence-electron chi connectivity index (χ2n) is 5.64. The van der Waals surface area contributed by atoms with E-state index >= 15 is 0 Å². The lowest BCUT2D eigenvalue weighted by Gasteiger charge is -2.15. The lowest BCUT2D eigenvalue weighted by atomic mass is 10.2. The Balaban J connectivity index is 1.87. The van der Waals surface area contributed by atoms with Crippen LogP contribution in [-0.2, 0) is 9.53 Å². The van der Waals surface area contributed by atoms with E-state index in [1.165, 1.54) is 0 Å². The van der Waals surface area contributed by atoms with Crippen LogP contribution in [0.25, 0.3) is 0 Å². The number of rotatable bonds is 9. The molecule has 0 aromatic heterocycles. The molecule has 2 rings (SSSR count). The predicted octanol–water partition coefficient (Wildman–Crippen LogP) is 3.82. The molecule has 5 heteroatoms. The summed E-state index contributed by atoms with van der Waals surface area (Å²) >= 11 is 0. The molecule has 0 unspecified atom stereocenters. The summed E-state index contributed by atoms with van der Waals surface area (Å²) < 4.78 is 16.5. The highest BCUT2D eigenvalue weighted by Gasteiger charge is 2.15. The number of hydrogen-bond donors (Lipinski definition) is 1. The SMILES string of the molecule is CCOCCOc1cccc(NC(=O)[C@@H](C)Oc2ccc(C)cc2)c1. The average Bonchev–Trinajstić information content (AvgIpc) is 2.61. The Morgan fingerprint density at radius 3 is 2.56 bits per heavy atom. The molecule has 134 valence electrons. The van der Waals surface area contributed by atoms with Gasteiger partial charge >= 0.3 is 0 Å². The first-order chi connectivity index (χ1) is 12.1. The van der Waals surface area contributed by atoms with Gasteiger partial charge < -0.3 is 19.5 Å². The zero-order valence-electron chi connectivity index (χ0n) is 15.0. The molecule has 0 radical (unpaired) electrons. The van der Waals surface area contributed by atoms with Gasteiger partial charge in [-0.25, -0.2) is 0 Å². The second-order valence-corrected chi connectivity index (χ2v) is 5.64. The molecule has 25 heavy (non-hydrogen) atoms. The van der Waals surface area contributed by atoms with Crippen LogP contribution in [0.2, 0.25) is 0 Å². The van der Waals surface area contributed by atoms with Crippen molar-refractivity contribution in [1.82, 2.24) is 0 Å². The fraction of sp³-hybridized carbons (Fsp3) is 0.350. The maximum atomic E-state index is 12.3. The fourth-order valence-electron chi connectivity index (χ4n) is 2.14. The molecule has 0 aliphatic rings. The molecule has 2 aromatic rings. The molecule has 2 aromatic carbocycles. The summed E-state index contributed by atoms with van der Waals surface area (Å²) in [5, 5.41) is 2.84. The molecule has 0 aliphatic heterocycles. The lowest BCUT2D eigenvalue weighted by molar-refractivity contribution is -0.122. The number of aryl methyl sites for hydroxylation is 1. The monoisotopic (exact) mass is 343 g/mol. The Kier molecular flexibility index (Phi) is 7.29. The van der Waals surface area contributed by atoms with E-state index in [1.54, 1.807) is 13.0 Å². The van der Waals surface area contributed by atoms with Crippen LogP contribution in [0.1, 0.15) is 19.4 Å². The summed E-state index contributed by atoms with van der Waals surface area (Å²) in [6.07, 6.45) is -0.606. The van der Waals surface area contributed by atoms with Gasteiger partial charge in [-0.1, -0.05) is 23.8 Å². The van der Waals surface area contributed by atoms with Crippen LogP contribution in [-0.4, -0.2) is 31.8 Å². The molecule has 0 heterocycles. The predicted molar refractivity (Wildman–Crippen MR) is 98.3 cm³/mol. The minimum atomic E-state index is -0.606. The Morgan fingerprint density at radius 2 is 1.84 bits per heavy atom. The van der Waals surface area contributed by atoms with Crippen LogP contribution < -0.4 is 14.8 Å². The molecule has 0 aliphatic carbocycles. The molecule has 1 atom stereocenters. The van der Waals surface area contributed by atoms with Crippen LogP contribution in [0.4, 0.5) is 5.69 Å². The van der Waals surface area contributed by atoms with Gasteiger partial charge in [-0.05, 0) is 45.0 Å². The van der Waals surface area contributed by atoms with Gasteiger partial charge in [-0.2, -0.15) is 0 Å². The summed E-state index contributed by atoms with van der Waals surface area (Å²) in [6, 6.07) is 14.9. The number of benzene rings is 2. The molecule has 0 bridgehead atoms. The summed E-state index contributed by atoms with van der Waals surface area (Å²) in [4.78, 5) is 12.3. The van der Waals surface area contributed by atoms with Crippen LogP contribution in [0.3, 0.4) is 0 Å². The molecule has 0 fully saturated rings. The van der Waals surface area contributed by atoms with Crippen LogP contribution >= 0.6 is 0 Å². The van der Waals surface area contributed by atoms with Gasteiger partial charge in [-0.3, -0.25) is 4.79 Å².